The highest BCUT2D eigenvalue weighted by Crippen LogP contribution is 2.44. The molecule has 0 spiro atoms. The van der Waals surface area contributed by atoms with Gasteiger partial charge in [-0.3, -0.25) is 0 Å². The van der Waals surface area contributed by atoms with Crippen molar-refractivity contribution in [3.8, 4) is 23.0 Å². The molecule has 0 fully saturated rings. The van der Waals surface area contributed by atoms with Gasteiger partial charge in [-0.25, -0.2) is 4.79 Å². The molecule has 0 bridgehead atoms. The first-order chi connectivity index (χ1) is 14.6. The summed E-state index contributed by atoms with van der Waals surface area (Å²) in [6, 6.07) is 22.2. The molecule has 0 aromatic heterocycles. The molecule has 0 atom stereocenters. The Labute approximate surface area is 182 Å². The molecule has 4 rings (SSSR count). The second-order valence-electron chi connectivity index (χ2n) is 7.26. The molecule has 1 N–H and O–H groups in total. The number of benzene rings is 3. The SMILES string of the molecule is Cc1ccc(Cl)cc1C#CCCNC(=O)OCC1c2ccccc2-c2ccccc21. The van der Waals surface area contributed by atoms with Crippen molar-refractivity contribution < 1.29 is 9.53 Å². The third kappa shape index (κ3) is 4.35. The van der Waals surface area contributed by atoms with Gasteiger partial charge in [-0.15, -0.1) is 0 Å². The Bertz CT molecular complexity index is 1100. The number of alkyl carbamates (subject to hydrolysis) is 1. The first-order valence-corrected chi connectivity index (χ1v) is 10.3. The monoisotopic (exact) mass is 415 g/mol. The van der Waals surface area contributed by atoms with Crippen LogP contribution in [0.4, 0.5) is 4.79 Å². The van der Waals surface area contributed by atoms with E-state index in [1.807, 2.05) is 49.4 Å². The zero-order chi connectivity index (χ0) is 20.9. The van der Waals surface area contributed by atoms with E-state index >= 15 is 0 Å². The highest BCUT2D eigenvalue weighted by molar-refractivity contribution is 6.30. The van der Waals surface area contributed by atoms with Crippen LogP contribution in [0.2, 0.25) is 5.02 Å². The number of ether oxygens (including phenoxy) is 1. The van der Waals surface area contributed by atoms with Gasteiger partial charge in [0.25, 0.3) is 0 Å². The van der Waals surface area contributed by atoms with E-state index in [-0.39, 0.29) is 5.92 Å². The lowest BCUT2D eigenvalue weighted by Gasteiger charge is -2.14. The Morgan fingerprint density at radius 2 is 1.70 bits per heavy atom. The molecule has 3 nitrogen and oxygen atoms in total. The Kier molecular flexibility index (Phi) is 6.07. The molecule has 1 aliphatic rings. The predicted molar refractivity (Wildman–Crippen MR) is 121 cm³/mol. The van der Waals surface area contributed by atoms with E-state index in [2.05, 4.69) is 41.4 Å². The van der Waals surface area contributed by atoms with Crippen molar-refractivity contribution >= 4 is 17.7 Å². The molecule has 0 aliphatic heterocycles. The van der Waals surface area contributed by atoms with Gasteiger partial charge in [0.05, 0.1) is 0 Å². The Morgan fingerprint density at radius 3 is 2.40 bits per heavy atom. The summed E-state index contributed by atoms with van der Waals surface area (Å²) >= 11 is 6.01. The van der Waals surface area contributed by atoms with Crippen LogP contribution < -0.4 is 5.32 Å². The van der Waals surface area contributed by atoms with Crippen molar-refractivity contribution in [2.75, 3.05) is 13.2 Å². The molecule has 0 heterocycles. The molecule has 30 heavy (non-hydrogen) atoms. The number of nitrogens with one attached hydrogen (secondary N) is 1. The van der Waals surface area contributed by atoms with Gasteiger partial charge in [0, 0.05) is 29.5 Å². The van der Waals surface area contributed by atoms with Crippen molar-refractivity contribution in [2.45, 2.75) is 19.3 Å². The number of carbonyl (C=O) groups is 1. The Morgan fingerprint density at radius 1 is 1.03 bits per heavy atom. The molecule has 1 amide bonds. The molecular formula is C26H22ClNO2. The lowest BCUT2D eigenvalue weighted by atomic mass is 9.98. The molecule has 0 radical (unpaired) electrons. The largest absolute Gasteiger partial charge is 0.449 e. The predicted octanol–water partition coefficient (Wildman–Crippen LogP) is 5.93. The average molecular weight is 416 g/mol. The molecule has 0 saturated carbocycles. The fourth-order valence-electron chi connectivity index (χ4n) is 3.76. The minimum absolute atomic E-state index is 0.0637. The number of aryl methyl sites for hydroxylation is 1. The number of fused-ring (bicyclic) bond motifs is 3. The molecule has 3 aromatic rings. The minimum Gasteiger partial charge on any atom is -0.449 e. The van der Waals surface area contributed by atoms with Crippen LogP contribution in [0, 0.1) is 18.8 Å². The van der Waals surface area contributed by atoms with Gasteiger partial charge < -0.3 is 10.1 Å². The zero-order valence-electron chi connectivity index (χ0n) is 16.7. The number of halogens is 1. The number of carbonyl (C=O) groups excluding carboxylic acids is 1. The molecule has 1 aliphatic carbocycles. The van der Waals surface area contributed by atoms with E-state index in [9.17, 15) is 4.79 Å². The fourth-order valence-corrected chi connectivity index (χ4v) is 3.94. The lowest BCUT2D eigenvalue weighted by molar-refractivity contribution is 0.143. The first kappa shape index (κ1) is 20.1. The van der Waals surface area contributed by atoms with E-state index in [0.29, 0.717) is 24.6 Å². The fraction of sp³-hybridized carbons (Fsp3) is 0.192. The third-order valence-corrected chi connectivity index (χ3v) is 5.52. The van der Waals surface area contributed by atoms with Gasteiger partial charge in [0.15, 0.2) is 0 Å². The lowest BCUT2D eigenvalue weighted by Crippen LogP contribution is -2.26. The van der Waals surface area contributed by atoms with Crippen LogP contribution in [0.1, 0.15) is 34.6 Å². The maximum Gasteiger partial charge on any atom is 0.407 e. The smallest absolute Gasteiger partial charge is 0.407 e. The summed E-state index contributed by atoms with van der Waals surface area (Å²) in [6.45, 7) is 2.74. The topological polar surface area (TPSA) is 38.3 Å². The maximum atomic E-state index is 12.2. The van der Waals surface area contributed by atoms with Crippen LogP contribution in [-0.2, 0) is 4.74 Å². The van der Waals surface area contributed by atoms with Crippen LogP contribution in [0.25, 0.3) is 11.1 Å². The quantitative estimate of drug-likeness (QED) is 0.423. The normalized spacial score (nSPS) is 11.8. The van der Waals surface area contributed by atoms with Crippen LogP contribution in [-0.4, -0.2) is 19.2 Å². The molecule has 0 unspecified atom stereocenters. The van der Waals surface area contributed by atoms with Crippen molar-refractivity contribution in [2.24, 2.45) is 0 Å². The summed E-state index contributed by atoms with van der Waals surface area (Å²) < 4.78 is 5.52. The first-order valence-electron chi connectivity index (χ1n) is 9.97. The van der Waals surface area contributed by atoms with E-state index in [0.717, 1.165) is 11.1 Å². The second kappa shape index (κ2) is 9.07. The Balaban J connectivity index is 1.30. The van der Waals surface area contributed by atoms with Gasteiger partial charge >= 0.3 is 6.09 Å². The van der Waals surface area contributed by atoms with Gasteiger partial charge in [-0.1, -0.05) is 78.0 Å². The molecule has 150 valence electrons. The average Bonchev–Trinajstić information content (AvgIpc) is 3.08. The van der Waals surface area contributed by atoms with Crippen LogP contribution >= 0.6 is 11.6 Å². The van der Waals surface area contributed by atoms with Crippen molar-refractivity contribution in [3.05, 3.63) is 94.0 Å². The summed E-state index contributed by atoms with van der Waals surface area (Å²) in [5, 5.41) is 3.45. The van der Waals surface area contributed by atoms with E-state index < -0.39 is 6.09 Å². The van der Waals surface area contributed by atoms with Gasteiger partial charge in [-0.05, 0) is 46.9 Å². The number of rotatable bonds is 4. The molecule has 3 aromatic carbocycles. The van der Waals surface area contributed by atoms with Crippen molar-refractivity contribution in [3.63, 3.8) is 0 Å². The number of hydrogen-bond donors (Lipinski definition) is 1. The molecule has 0 saturated heterocycles. The van der Waals surface area contributed by atoms with Crippen LogP contribution in [0.15, 0.2) is 66.7 Å². The van der Waals surface area contributed by atoms with Crippen LogP contribution in [0.5, 0.6) is 0 Å². The third-order valence-electron chi connectivity index (χ3n) is 5.29. The Hall–Kier alpha value is -3.22. The minimum atomic E-state index is -0.419. The molecular weight excluding hydrogens is 394 g/mol. The second-order valence-corrected chi connectivity index (χ2v) is 7.70. The van der Waals surface area contributed by atoms with Crippen molar-refractivity contribution in [1.29, 1.82) is 0 Å². The number of amides is 1. The molecule has 4 heteroatoms. The van der Waals surface area contributed by atoms with Crippen molar-refractivity contribution in [1.82, 2.24) is 5.32 Å². The van der Waals surface area contributed by atoms with E-state index in [4.69, 9.17) is 16.3 Å². The highest BCUT2D eigenvalue weighted by Gasteiger charge is 2.28. The van der Waals surface area contributed by atoms with Gasteiger partial charge in [0.2, 0.25) is 0 Å². The number of hydrogen-bond acceptors (Lipinski definition) is 2. The summed E-state index contributed by atoms with van der Waals surface area (Å²) in [5.74, 6) is 6.23. The summed E-state index contributed by atoms with van der Waals surface area (Å²) in [7, 11) is 0. The summed E-state index contributed by atoms with van der Waals surface area (Å²) in [4.78, 5) is 12.2. The highest BCUT2D eigenvalue weighted by atomic mass is 35.5. The van der Waals surface area contributed by atoms with E-state index in [1.54, 1.807) is 0 Å². The standard InChI is InChI=1S/C26H22ClNO2/c1-18-13-14-20(27)16-19(18)8-6-7-15-28-26(29)30-17-25-23-11-4-2-9-21(23)22-10-3-5-12-24(22)25/h2-5,9-14,16,25H,7,15,17H2,1H3,(H,28,29). The maximum absolute atomic E-state index is 12.2. The summed E-state index contributed by atoms with van der Waals surface area (Å²) in [5.41, 5.74) is 6.82. The van der Waals surface area contributed by atoms with E-state index in [1.165, 1.54) is 22.3 Å². The zero-order valence-corrected chi connectivity index (χ0v) is 17.5. The van der Waals surface area contributed by atoms with Gasteiger partial charge in [0.1, 0.15) is 6.61 Å². The van der Waals surface area contributed by atoms with Crippen LogP contribution in [0.3, 0.4) is 0 Å². The van der Waals surface area contributed by atoms with Gasteiger partial charge in [-0.2, -0.15) is 0 Å². The summed E-state index contributed by atoms with van der Waals surface area (Å²) in [6.07, 6.45) is 0.119.